The largest absolute Gasteiger partial charge is 0.497 e. The van der Waals surface area contributed by atoms with Gasteiger partial charge in [-0.05, 0) is 42.0 Å². The molecule has 0 aliphatic heterocycles. The van der Waals surface area contributed by atoms with E-state index >= 15 is 0 Å². The number of ether oxygens (including phenoxy) is 1. The predicted molar refractivity (Wildman–Crippen MR) is 86.2 cm³/mol. The van der Waals surface area contributed by atoms with E-state index < -0.39 is 0 Å². The molecule has 0 bridgehead atoms. The van der Waals surface area contributed by atoms with Gasteiger partial charge in [0.1, 0.15) is 11.4 Å². The molecule has 0 fully saturated rings. The van der Waals surface area contributed by atoms with Gasteiger partial charge >= 0.3 is 0 Å². The van der Waals surface area contributed by atoms with Crippen molar-refractivity contribution in [2.75, 3.05) is 7.11 Å². The molecule has 0 atom stereocenters. The normalized spacial score (nSPS) is 11.0. The van der Waals surface area contributed by atoms with Crippen molar-refractivity contribution < 1.29 is 4.74 Å². The predicted octanol–water partition coefficient (Wildman–Crippen LogP) is 3.14. The molecule has 3 aromatic rings. The van der Waals surface area contributed by atoms with Crippen LogP contribution in [0, 0.1) is 6.92 Å². The molecule has 0 saturated heterocycles. The van der Waals surface area contributed by atoms with Gasteiger partial charge in [0.05, 0.1) is 19.0 Å². The Morgan fingerprint density at radius 1 is 1.05 bits per heavy atom. The fraction of sp³-hybridized carbons (Fsp3) is 0.118. The zero-order chi connectivity index (χ0) is 15.4. The standard InChI is InChI=1S/C17H16N4O/c1-13-17(15-6-4-3-5-7-15)21(20-19-13)18-12-14-8-10-16(22-2)11-9-14/h3-12H,1-2H3/b18-12+. The van der Waals surface area contributed by atoms with Crippen LogP contribution in [0.3, 0.4) is 0 Å². The number of benzene rings is 2. The molecule has 0 aliphatic rings. The van der Waals surface area contributed by atoms with E-state index in [2.05, 4.69) is 15.4 Å². The fourth-order valence-electron chi connectivity index (χ4n) is 2.16. The van der Waals surface area contributed by atoms with Gasteiger partial charge in [0.15, 0.2) is 0 Å². The third-order valence-electron chi connectivity index (χ3n) is 3.30. The Labute approximate surface area is 128 Å². The van der Waals surface area contributed by atoms with Crippen molar-refractivity contribution >= 4 is 6.21 Å². The Kier molecular flexibility index (Phi) is 3.96. The maximum Gasteiger partial charge on any atom is 0.118 e. The first kappa shape index (κ1) is 14.0. The smallest absolute Gasteiger partial charge is 0.118 e. The Hall–Kier alpha value is -2.95. The summed E-state index contributed by atoms with van der Waals surface area (Å²) in [6.45, 7) is 1.93. The molecule has 1 heterocycles. The summed E-state index contributed by atoms with van der Waals surface area (Å²) in [7, 11) is 1.65. The molecular weight excluding hydrogens is 276 g/mol. The number of aromatic nitrogens is 3. The lowest BCUT2D eigenvalue weighted by molar-refractivity contribution is 0.415. The van der Waals surface area contributed by atoms with Crippen LogP contribution in [-0.2, 0) is 0 Å². The van der Waals surface area contributed by atoms with E-state index in [4.69, 9.17) is 4.74 Å². The second-order valence-corrected chi connectivity index (χ2v) is 4.80. The maximum atomic E-state index is 5.14. The van der Waals surface area contributed by atoms with Crippen molar-refractivity contribution in [1.82, 2.24) is 15.1 Å². The topological polar surface area (TPSA) is 52.3 Å². The van der Waals surface area contributed by atoms with Crippen molar-refractivity contribution in [3.63, 3.8) is 0 Å². The third kappa shape index (κ3) is 2.88. The number of hydrogen-bond acceptors (Lipinski definition) is 4. The van der Waals surface area contributed by atoms with Crippen LogP contribution in [0.2, 0.25) is 0 Å². The number of hydrogen-bond donors (Lipinski definition) is 0. The molecule has 110 valence electrons. The summed E-state index contributed by atoms with van der Waals surface area (Å²) in [5.41, 5.74) is 3.74. The highest BCUT2D eigenvalue weighted by molar-refractivity contribution is 5.80. The van der Waals surface area contributed by atoms with E-state index in [1.54, 1.807) is 18.1 Å². The minimum atomic E-state index is 0.818. The van der Waals surface area contributed by atoms with Gasteiger partial charge in [0.2, 0.25) is 0 Å². The van der Waals surface area contributed by atoms with Crippen molar-refractivity contribution in [1.29, 1.82) is 0 Å². The van der Waals surface area contributed by atoms with Gasteiger partial charge in [-0.15, -0.1) is 9.89 Å². The van der Waals surface area contributed by atoms with Crippen LogP contribution in [0.1, 0.15) is 11.3 Å². The molecule has 5 nitrogen and oxygen atoms in total. The lowest BCUT2D eigenvalue weighted by atomic mass is 10.1. The first-order chi connectivity index (χ1) is 10.8. The second-order valence-electron chi connectivity index (χ2n) is 4.80. The van der Waals surface area contributed by atoms with Crippen LogP contribution in [0.25, 0.3) is 11.3 Å². The molecule has 0 saturated carbocycles. The van der Waals surface area contributed by atoms with E-state index in [-0.39, 0.29) is 0 Å². The summed E-state index contributed by atoms with van der Waals surface area (Å²) >= 11 is 0. The fourth-order valence-corrected chi connectivity index (χ4v) is 2.16. The molecule has 0 unspecified atom stereocenters. The minimum Gasteiger partial charge on any atom is -0.497 e. The number of nitrogens with zero attached hydrogens (tertiary/aromatic N) is 4. The van der Waals surface area contributed by atoms with Gasteiger partial charge in [0, 0.05) is 5.56 Å². The summed E-state index contributed by atoms with van der Waals surface area (Å²) in [6, 6.07) is 17.7. The van der Waals surface area contributed by atoms with E-state index in [1.165, 1.54) is 0 Å². The summed E-state index contributed by atoms with van der Waals surface area (Å²) in [5.74, 6) is 0.818. The van der Waals surface area contributed by atoms with Crippen molar-refractivity contribution in [2.45, 2.75) is 6.92 Å². The quantitative estimate of drug-likeness (QED) is 0.694. The second kappa shape index (κ2) is 6.22. The van der Waals surface area contributed by atoms with Crippen molar-refractivity contribution in [3.8, 4) is 17.0 Å². The van der Waals surface area contributed by atoms with E-state index in [0.717, 1.165) is 28.3 Å². The molecule has 0 spiro atoms. The van der Waals surface area contributed by atoms with Gasteiger partial charge in [-0.25, -0.2) is 0 Å². The molecule has 5 heteroatoms. The molecule has 0 aliphatic carbocycles. The molecule has 0 N–H and O–H groups in total. The van der Waals surface area contributed by atoms with Crippen LogP contribution < -0.4 is 4.74 Å². The Morgan fingerprint density at radius 2 is 1.77 bits per heavy atom. The van der Waals surface area contributed by atoms with Crippen LogP contribution in [0.15, 0.2) is 59.7 Å². The first-order valence-corrected chi connectivity index (χ1v) is 6.94. The van der Waals surface area contributed by atoms with Gasteiger partial charge in [0.25, 0.3) is 0 Å². The average Bonchev–Trinajstić information content (AvgIpc) is 2.95. The lowest BCUT2D eigenvalue weighted by Crippen LogP contribution is -1.96. The van der Waals surface area contributed by atoms with Crippen LogP contribution in [0.4, 0.5) is 0 Å². The molecule has 22 heavy (non-hydrogen) atoms. The Balaban J connectivity index is 1.91. The molecule has 3 rings (SSSR count). The summed E-state index contributed by atoms with van der Waals surface area (Å²) < 4.78 is 5.14. The number of aryl methyl sites for hydroxylation is 1. The Bertz CT molecular complexity index is 776. The lowest BCUT2D eigenvalue weighted by Gasteiger charge is -2.02. The molecule has 1 aromatic heterocycles. The van der Waals surface area contributed by atoms with E-state index in [9.17, 15) is 0 Å². The van der Waals surface area contributed by atoms with Crippen LogP contribution in [0.5, 0.6) is 5.75 Å². The highest BCUT2D eigenvalue weighted by atomic mass is 16.5. The average molecular weight is 292 g/mol. The van der Waals surface area contributed by atoms with Gasteiger partial charge in [-0.1, -0.05) is 30.3 Å². The number of rotatable bonds is 4. The summed E-state index contributed by atoms with van der Waals surface area (Å²) in [5, 5.41) is 12.6. The highest BCUT2D eigenvalue weighted by Crippen LogP contribution is 2.21. The molecule has 0 radical (unpaired) electrons. The van der Waals surface area contributed by atoms with Crippen LogP contribution in [-0.4, -0.2) is 28.4 Å². The minimum absolute atomic E-state index is 0.818. The van der Waals surface area contributed by atoms with Crippen LogP contribution >= 0.6 is 0 Å². The van der Waals surface area contributed by atoms with E-state index in [0.29, 0.717) is 0 Å². The summed E-state index contributed by atoms with van der Waals surface area (Å²) in [4.78, 5) is 1.55. The maximum absolute atomic E-state index is 5.14. The van der Waals surface area contributed by atoms with Gasteiger partial charge in [-0.2, -0.15) is 5.10 Å². The molecule has 0 amide bonds. The van der Waals surface area contributed by atoms with E-state index in [1.807, 2.05) is 61.5 Å². The molecule has 2 aromatic carbocycles. The Morgan fingerprint density at radius 3 is 2.45 bits per heavy atom. The molecular formula is C17H16N4O. The first-order valence-electron chi connectivity index (χ1n) is 6.94. The van der Waals surface area contributed by atoms with Gasteiger partial charge < -0.3 is 4.74 Å². The zero-order valence-electron chi connectivity index (χ0n) is 12.5. The highest BCUT2D eigenvalue weighted by Gasteiger charge is 2.10. The summed E-state index contributed by atoms with van der Waals surface area (Å²) in [6.07, 6.45) is 1.75. The number of methoxy groups -OCH3 is 1. The zero-order valence-corrected chi connectivity index (χ0v) is 12.5. The van der Waals surface area contributed by atoms with Gasteiger partial charge in [-0.3, -0.25) is 0 Å². The third-order valence-corrected chi connectivity index (χ3v) is 3.30. The monoisotopic (exact) mass is 292 g/mol. The van der Waals surface area contributed by atoms with Crippen molar-refractivity contribution in [3.05, 3.63) is 65.9 Å². The SMILES string of the molecule is COc1ccc(/C=N/n2nnc(C)c2-c2ccccc2)cc1. The van der Waals surface area contributed by atoms with Crippen molar-refractivity contribution in [2.24, 2.45) is 5.10 Å².